The molecule has 1 unspecified atom stereocenters. The van der Waals surface area contributed by atoms with Gasteiger partial charge in [0.1, 0.15) is 11.6 Å². The summed E-state index contributed by atoms with van der Waals surface area (Å²) in [5.74, 6) is -5.25. The van der Waals surface area contributed by atoms with E-state index in [2.05, 4.69) is 0 Å². The van der Waals surface area contributed by atoms with Crippen LogP contribution in [-0.2, 0) is 19.3 Å². The molecule has 1 atom stereocenters. The Bertz CT molecular complexity index is 1040. The summed E-state index contributed by atoms with van der Waals surface area (Å²) < 4.78 is 69.3. The van der Waals surface area contributed by atoms with E-state index in [4.69, 9.17) is 0 Å². The summed E-state index contributed by atoms with van der Waals surface area (Å²) in [6.07, 6.45) is 2.21. The summed E-state index contributed by atoms with van der Waals surface area (Å²) in [5, 5.41) is 0. The summed E-state index contributed by atoms with van der Waals surface area (Å²) in [4.78, 5) is 0. The van der Waals surface area contributed by atoms with Crippen LogP contribution in [0.1, 0.15) is 41.5 Å². The van der Waals surface area contributed by atoms with Crippen molar-refractivity contribution in [2.24, 2.45) is 0 Å². The van der Waals surface area contributed by atoms with Crippen LogP contribution in [0.4, 0.5) is 22.0 Å². The minimum atomic E-state index is -1.49. The molecular formula is C24H19F5. The van der Waals surface area contributed by atoms with Gasteiger partial charge in [-0.05, 0) is 83.7 Å². The van der Waals surface area contributed by atoms with Gasteiger partial charge in [-0.25, -0.2) is 22.0 Å². The first-order valence-corrected chi connectivity index (χ1v) is 9.62. The van der Waals surface area contributed by atoms with Gasteiger partial charge in [-0.2, -0.15) is 0 Å². The van der Waals surface area contributed by atoms with Crippen molar-refractivity contribution >= 4 is 0 Å². The predicted octanol–water partition coefficient (Wildman–Crippen LogP) is 6.88. The molecule has 3 aromatic carbocycles. The highest BCUT2D eigenvalue weighted by atomic mass is 19.2. The van der Waals surface area contributed by atoms with Gasteiger partial charge in [0.15, 0.2) is 17.5 Å². The molecule has 0 aromatic heterocycles. The number of hydrogen-bond donors (Lipinski definition) is 0. The van der Waals surface area contributed by atoms with Crippen molar-refractivity contribution in [2.75, 3.05) is 0 Å². The second kappa shape index (κ2) is 7.62. The molecule has 0 spiro atoms. The predicted molar refractivity (Wildman–Crippen MR) is 102 cm³/mol. The molecule has 1 aliphatic rings. The molecule has 0 radical (unpaired) electrons. The van der Waals surface area contributed by atoms with Crippen molar-refractivity contribution in [1.29, 1.82) is 0 Å². The maximum atomic E-state index is 14.5. The molecule has 5 heteroatoms. The third-order valence-corrected chi connectivity index (χ3v) is 5.71. The molecule has 0 aliphatic heterocycles. The van der Waals surface area contributed by atoms with Crippen LogP contribution >= 0.6 is 0 Å². The number of fused-ring (bicyclic) bond motifs is 1. The average molecular weight is 402 g/mol. The van der Waals surface area contributed by atoms with Gasteiger partial charge < -0.3 is 0 Å². The van der Waals surface area contributed by atoms with E-state index >= 15 is 0 Å². The zero-order valence-electron chi connectivity index (χ0n) is 15.8. The molecule has 0 amide bonds. The lowest BCUT2D eigenvalue weighted by Crippen LogP contribution is -2.16. The van der Waals surface area contributed by atoms with E-state index in [0.29, 0.717) is 36.8 Å². The van der Waals surface area contributed by atoms with Gasteiger partial charge in [-0.15, -0.1) is 0 Å². The molecule has 4 rings (SSSR count). The van der Waals surface area contributed by atoms with Crippen LogP contribution in [0.25, 0.3) is 11.1 Å². The molecule has 150 valence electrons. The Morgan fingerprint density at radius 3 is 2.03 bits per heavy atom. The molecule has 0 saturated heterocycles. The van der Waals surface area contributed by atoms with Gasteiger partial charge in [-0.3, -0.25) is 0 Å². The summed E-state index contributed by atoms with van der Waals surface area (Å²) in [6, 6.07) is 10.0. The van der Waals surface area contributed by atoms with Crippen molar-refractivity contribution in [2.45, 2.75) is 38.5 Å². The standard InChI is InChI=1S/C24H19F5/c1-2-13-7-19(25)23(20(26)8-13)17-6-5-14-9-16(4-3-15(14)10-17)18-11-21(27)24(29)22(28)12-18/h3-4,7-9,11-12,17H,2,5-6,10H2,1H3. The van der Waals surface area contributed by atoms with Crippen molar-refractivity contribution < 1.29 is 22.0 Å². The third-order valence-electron chi connectivity index (χ3n) is 5.71. The molecule has 0 N–H and O–H groups in total. The Morgan fingerprint density at radius 2 is 1.41 bits per heavy atom. The van der Waals surface area contributed by atoms with E-state index in [1.54, 1.807) is 6.07 Å². The highest BCUT2D eigenvalue weighted by Crippen LogP contribution is 2.37. The van der Waals surface area contributed by atoms with Gasteiger partial charge >= 0.3 is 0 Å². The quantitative estimate of drug-likeness (QED) is 0.331. The molecule has 1 aliphatic carbocycles. The normalized spacial score (nSPS) is 16.0. The summed E-state index contributed by atoms with van der Waals surface area (Å²) in [7, 11) is 0. The van der Waals surface area contributed by atoms with E-state index in [-0.39, 0.29) is 17.0 Å². The van der Waals surface area contributed by atoms with Gasteiger partial charge in [0.2, 0.25) is 0 Å². The smallest absolute Gasteiger partial charge is 0.194 e. The fourth-order valence-electron chi connectivity index (χ4n) is 4.13. The van der Waals surface area contributed by atoms with Gasteiger partial charge in [0.05, 0.1) is 0 Å². The highest BCUT2D eigenvalue weighted by Gasteiger charge is 2.26. The molecule has 3 aromatic rings. The van der Waals surface area contributed by atoms with E-state index in [1.165, 1.54) is 12.1 Å². The number of benzene rings is 3. The zero-order valence-corrected chi connectivity index (χ0v) is 15.8. The van der Waals surface area contributed by atoms with E-state index < -0.39 is 29.1 Å². The van der Waals surface area contributed by atoms with Crippen molar-refractivity contribution in [3.63, 3.8) is 0 Å². The van der Waals surface area contributed by atoms with E-state index in [9.17, 15) is 22.0 Å². The third kappa shape index (κ3) is 3.66. The van der Waals surface area contributed by atoms with Crippen LogP contribution in [0.3, 0.4) is 0 Å². The van der Waals surface area contributed by atoms with Crippen LogP contribution < -0.4 is 0 Å². The monoisotopic (exact) mass is 402 g/mol. The van der Waals surface area contributed by atoms with Crippen molar-refractivity contribution in [3.8, 4) is 11.1 Å². The summed E-state index contributed by atoms with van der Waals surface area (Å²) in [6.45, 7) is 1.85. The fraction of sp³-hybridized carbons (Fsp3) is 0.250. The molecule has 0 nitrogen and oxygen atoms in total. The maximum Gasteiger partial charge on any atom is 0.194 e. The Labute approximate surface area is 166 Å². The van der Waals surface area contributed by atoms with Gasteiger partial charge in [0.25, 0.3) is 0 Å². The van der Waals surface area contributed by atoms with Crippen LogP contribution in [0.2, 0.25) is 0 Å². The lowest BCUT2D eigenvalue weighted by Gasteiger charge is -2.26. The number of rotatable bonds is 3. The summed E-state index contributed by atoms with van der Waals surface area (Å²) >= 11 is 0. The molecule has 29 heavy (non-hydrogen) atoms. The van der Waals surface area contributed by atoms with Crippen molar-refractivity contribution in [1.82, 2.24) is 0 Å². The highest BCUT2D eigenvalue weighted by molar-refractivity contribution is 5.65. The molecule has 0 fully saturated rings. The van der Waals surface area contributed by atoms with Crippen LogP contribution in [0, 0.1) is 29.1 Å². The van der Waals surface area contributed by atoms with Crippen molar-refractivity contribution in [3.05, 3.63) is 93.8 Å². The zero-order chi connectivity index (χ0) is 20.7. The first-order chi connectivity index (χ1) is 13.9. The van der Waals surface area contributed by atoms with Crippen LogP contribution in [0.15, 0.2) is 42.5 Å². The average Bonchev–Trinajstić information content (AvgIpc) is 2.70. The molecule has 0 heterocycles. The topological polar surface area (TPSA) is 0 Å². The number of aryl methyl sites for hydroxylation is 2. The minimum Gasteiger partial charge on any atom is -0.207 e. The fourth-order valence-corrected chi connectivity index (χ4v) is 4.13. The lowest BCUT2D eigenvalue weighted by atomic mass is 9.79. The van der Waals surface area contributed by atoms with Gasteiger partial charge in [-0.1, -0.05) is 25.1 Å². The first-order valence-electron chi connectivity index (χ1n) is 9.62. The second-order valence-electron chi connectivity index (χ2n) is 7.50. The van der Waals surface area contributed by atoms with E-state index in [0.717, 1.165) is 23.3 Å². The molecule has 0 bridgehead atoms. The lowest BCUT2D eigenvalue weighted by molar-refractivity contribution is 0.447. The number of hydrogen-bond acceptors (Lipinski definition) is 0. The first kappa shape index (κ1) is 19.6. The van der Waals surface area contributed by atoms with Gasteiger partial charge in [0, 0.05) is 5.56 Å². The Morgan fingerprint density at radius 1 is 0.759 bits per heavy atom. The van der Waals surface area contributed by atoms with Crippen LogP contribution in [-0.4, -0.2) is 0 Å². The SMILES string of the molecule is CCc1cc(F)c(C2CCc3cc(-c4cc(F)c(F)c(F)c4)ccc3C2)c(F)c1. The van der Waals surface area contributed by atoms with Crippen LogP contribution in [0.5, 0.6) is 0 Å². The Balaban J connectivity index is 1.64. The van der Waals surface area contributed by atoms with E-state index in [1.807, 2.05) is 19.1 Å². The Kier molecular flexibility index (Phi) is 5.15. The summed E-state index contributed by atoms with van der Waals surface area (Å²) in [5.41, 5.74) is 3.49. The molecular weight excluding hydrogens is 383 g/mol. The minimum absolute atomic E-state index is 0.125. The largest absolute Gasteiger partial charge is 0.207 e. The Hall–Kier alpha value is -2.69. The molecule has 0 saturated carbocycles. The maximum absolute atomic E-state index is 14.5. The second-order valence-corrected chi connectivity index (χ2v) is 7.50. The number of halogens is 5.